The predicted octanol–water partition coefficient (Wildman–Crippen LogP) is 5.10. The van der Waals surface area contributed by atoms with Gasteiger partial charge in [-0.25, -0.2) is 9.97 Å². The third kappa shape index (κ3) is 2.53. The lowest BCUT2D eigenvalue weighted by Crippen LogP contribution is -1.96. The van der Waals surface area contributed by atoms with Crippen LogP contribution >= 0.6 is 22.7 Å². The van der Waals surface area contributed by atoms with Gasteiger partial charge in [-0.05, 0) is 22.9 Å². The Kier molecular flexibility index (Phi) is 3.92. The van der Waals surface area contributed by atoms with Gasteiger partial charge in [-0.1, -0.05) is 12.1 Å². The highest BCUT2D eigenvalue weighted by atomic mass is 32.1. The number of rotatable bonds is 4. The fourth-order valence-corrected chi connectivity index (χ4v) is 3.98. The van der Waals surface area contributed by atoms with E-state index in [0.29, 0.717) is 11.5 Å². The Morgan fingerprint density at radius 2 is 1.21 bits per heavy atom. The molecule has 4 nitrogen and oxygen atoms in total. The summed E-state index contributed by atoms with van der Waals surface area (Å²) >= 11 is 3.32. The van der Waals surface area contributed by atoms with E-state index in [2.05, 4.69) is 12.1 Å². The first-order chi connectivity index (χ1) is 11.8. The molecule has 0 aliphatic heterocycles. The van der Waals surface area contributed by atoms with Gasteiger partial charge in [-0.15, -0.1) is 22.7 Å². The normalized spacial score (nSPS) is 10.9. The van der Waals surface area contributed by atoms with E-state index in [1.54, 1.807) is 36.9 Å². The van der Waals surface area contributed by atoms with E-state index in [1.165, 1.54) is 0 Å². The molecule has 0 unspecified atom stereocenters. The highest BCUT2D eigenvalue weighted by Gasteiger charge is 2.16. The van der Waals surface area contributed by atoms with Gasteiger partial charge in [0.1, 0.15) is 11.4 Å². The standard InChI is InChI=1S/C18H14N2O2S2/c1-21-13-9-11-12(10-14(13)22-2)20-18(16-6-4-8-24-16)17(19-11)15-5-3-7-23-15/h3-10H,1-2H3. The molecule has 3 aromatic heterocycles. The minimum atomic E-state index is 0.653. The van der Waals surface area contributed by atoms with Gasteiger partial charge in [0.05, 0.1) is 35.0 Å². The van der Waals surface area contributed by atoms with Crippen molar-refractivity contribution in [3.05, 3.63) is 47.2 Å². The molecular formula is C18H14N2O2S2. The van der Waals surface area contributed by atoms with E-state index in [-0.39, 0.29) is 0 Å². The molecule has 0 bridgehead atoms. The van der Waals surface area contributed by atoms with Crippen LogP contribution in [0.3, 0.4) is 0 Å². The Morgan fingerprint density at radius 3 is 1.54 bits per heavy atom. The summed E-state index contributed by atoms with van der Waals surface area (Å²) in [5.41, 5.74) is 3.37. The fourth-order valence-electron chi connectivity index (χ4n) is 2.55. The zero-order valence-corrected chi connectivity index (χ0v) is 14.8. The van der Waals surface area contributed by atoms with Gasteiger partial charge in [0, 0.05) is 12.1 Å². The first-order valence-electron chi connectivity index (χ1n) is 7.31. The van der Waals surface area contributed by atoms with Gasteiger partial charge >= 0.3 is 0 Å². The number of aromatic nitrogens is 2. The predicted molar refractivity (Wildman–Crippen MR) is 99.3 cm³/mol. The molecule has 0 saturated carbocycles. The van der Waals surface area contributed by atoms with Gasteiger partial charge in [0.25, 0.3) is 0 Å². The van der Waals surface area contributed by atoms with Crippen LogP contribution in [0.25, 0.3) is 32.2 Å². The van der Waals surface area contributed by atoms with Gasteiger partial charge < -0.3 is 9.47 Å². The van der Waals surface area contributed by atoms with E-state index in [0.717, 1.165) is 32.2 Å². The number of hydrogen-bond acceptors (Lipinski definition) is 6. The molecule has 0 aliphatic carbocycles. The van der Waals surface area contributed by atoms with Gasteiger partial charge in [-0.2, -0.15) is 0 Å². The second-order valence-corrected chi connectivity index (χ2v) is 6.97. The lowest BCUT2D eigenvalue weighted by atomic mass is 10.2. The SMILES string of the molecule is COc1cc2nc(-c3cccs3)c(-c3cccs3)nc2cc1OC. The first-order valence-corrected chi connectivity index (χ1v) is 9.07. The molecule has 6 heteroatoms. The number of ether oxygens (including phenoxy) is 2. The van der Waals surface area contributed by atoms with Crippen molar-refractivity contribution >= 4 is 33.7 Å². The van der Waals surface area contributed by atoms with Crippen molar-refractivity contribution in [1.29, 1.82) is 0 Å². The Labute approximate surface area is 147 Å². The number of fused-ring (bicyclic) bond motifs is 1. The molecule has 4 rings (SSSR count). The van der Waals surface area contributed by atoms with E-state index in [9.17, 15) is 0 Å². The summed E-state index contributed by atoms with van der Waals surface area (Å²) in [6, 6.07) is 11.9. The number of thiophene rings is 2. The summed E-state index contributed by atoms with van der Waals surface area (Å²) in [7, 11) is 3.24. The highest BCUT2D eigenvalue weighted by molar-refractivity contribution is 7.14. The van der Waals surface area contributed by atoms with E-state index < -0.39 is 0 Å². The van der Waals surface area contributed by atoms with Crippen LogP contribution in [0.5, 0.6) is 11.5 Å². The second-order valence-electron chi connectivity index (χ2n) is 5.07. The number of nitrogens with zero attached hydrogens (tertiary/aromatic N) is 2. The summed E-state index contributed by atoms with van der Waals surface area (Å²) in [6.45, 7) is 0. The fraction of sp³-hybridized carbons (Fsp3) is 0.111. The van der Waals surface area contributed by atoms with Crippen molar-refractivity contribution in [1.82, 2.24) is 9.97 Å². The molecule has 1 aromatic carbocycles. The molecule has 24 heavy (non-hydrogen) atoms. The van der Waals surface area contributed by atoms with Crippen LogP contribution in [-0.2, 0) is 0 Å². The van der Waals surface area contributed by atoms with E-state index in [4.69, 9.17) is 19.4 Å². The number of hydrogen-bond donors (Lipinski definition) is 0. The number of methoxy groups -OCH3 is 2. The first kappa shape index (κ1) is 15.1. The van der Waals surface area contributed by atoms with Crippen LogP contribution < -0.4 is 9.47 Å². The monoisotopic (exact) mass is 354 g/mol. The van der Waals surface area contributed by atoms with Crippen molar-refractivity contribution in [3.8, 4) is 32.6 Å². The van der Waals surface area contributed by atoms with Crippen LogP contribution in [0.4, 0.5) is 0 Å². The van der Waals surface area contributed by atoms with Gasteiger partial charge in [-0.3, -0.25) is 0 Å². The Morgan fingerprint density at radius 1 is 0.750 bits per heavy atom. The van der Waals surface area contributed by atoms with Crippen molar-refractivity contribution in [2.75, 3.05) is 14.2 Å². The summed E-state index contributed by atoms with van der Waals surface area (Å²) in [6.07, 6.45) is 0. The van der Waals surface area contributed by atoms with Crippen molar-refractivity contribution in [2.24, 2.45) is 0 Å². The van der Waals surface area contributed by atoms with E-state index >= 15 is 0 Å². The minimum Gasteiger partial charge on any atom is -0.493 e. The average Bonchev–Trinajstić information content (AvgIpc) is 3.32. The maximum Gasteiger partial charge on any atom is 0.163 e. The van der Waals surface area contributed by atoms with E-state index in [1.807, 2.05) is 35.0 Å². The smallest absolute Gasteiger partial charge is 0.163 e. The zero-order chi connectivity index (χ0) is 16.5. The van der Waals surface area contributed by atoms with Crippen LogP contribution in [0, 0.1) is 0 Å². The van der Waals surface area contributed by atoms with Crippen molar-refractivity contribution < 1.29 is 9.47 Å². The Hall–Kier alpha value is -2.44. The van der Waals surface area contributed by atoms with Crippen LogP contribution in [0.1, 0.15) is 0 Å². The summed E-state index contributed by atoms with van der Waals surface area (Å²) in [5.74, 6) is 1.31. The highest BCUT2D eigenvalue weighted by Crippen LogP contribution is 2.38. The average molecular weight is 354 g/mol. The maximum absolute atomic E-state index is 5.39. The molecule has 3 heterocycles. The summed E-state index contributed by atoms with van der Waals surface area (Å²) in [4.78, 5) is 12.0. The molecule has 0 atom stereocenters. The molecule has 120 valence electrons. The van der Waals surface area contributed by atoms with Crippen LogP contribution in [0.15, 0.2) is 47.2 Å². The lowest BCUT2D eigenvalue weighted by Gasteiger charge is -2.11. The quantitative estimate of drug-likeness (QED) is 0.511. The summed E-state index contributed by atoms with van der Waals surface area (Å²) < 4.78 is 10.8. The molecule has 0 amide bonds. The Balaban J connectivity index is 2.02. The molecule has 0 fully saturated rings. The lowest BCUT2D eigenvalue weighted by molar-refractivity contribution is 0.355. The minimum absolute atomic E-state index is 0.653. The third-order valence-corrected chi connectivity index (χ3v) is 5.43. The topological polar surface area (TPSA) is 44.2 Å². The molecule has 4 aromatic rings. The van der Waals surface area contributed by atoms with Gasteiger partial charge in [0.15, 0.2) is 11.5 Å². The van der Waals surface area contributed by atoms with Crippen molar-refractivity contribution in [2.45, 2.75) is 0 Å². The molecular weight excluding hydrogens is 340 g/mol. The third-order valence-electron chi connectivity index (χ3n) is 3.68. The van der Waals surface area contributed by atoms with Crippen LogP contribution in [0.2, 0.25) is 0 Å². The number of benzene rings is 1. The summed E-state index contributed by atoms with van der Waals surface area (Å²) in [5, 5.41) is 4.10. The Bertz CT molecular complexity index is 899. The second kappa shape index (κ2) is 6.22. The largest absolute Gasteiger partial charge is 0.493 e. The molecule has 0 spiro atoms. The van der Waals surface area contributed by atoms with Crippen molar-refractivity contribution in [3.63, 3.8) is 0 Å². The molecule has 0 saturated heterocycles. The maximum atomic E-state index is 5.39. The van der Waals surface area contributed by atoms with Gasteiger partial charge in [0.2, 0.25) is 0 Å². The zero-order valence-electron chi connectivity index (χ0n) is 13.1. The molecule has 0 N–H and O–H groups in total. The molecule has 0 radical (unpaired) electrons. The van der Waals surface area contributed by atoms with Crippen LogP contribution in [-0.4, -0.2) is 24.2 Å². The molecule has 0 aliphatic rings.